The fourth-order valence-electron chi connectivity index (χ4n) is 6.59. The molecule has 0 atom stereocenters. The lowest BCUT2D eigenvalue weighted by molar-refractivity contribution is 0.414. The van der Waals surface area contributed by atoms with Gasteiger partial charge in [0.2, 0.25) is 0 Å². The molecule has 0 amide bonds. The molecule has 0 aliphatic carbocycles. The van der Waals surface area contributed by atoms with Crippen LogP contribution in [0.15, 0.2) is 79.4 Å². The SMILES string of the molecule is C.C=Cc1ccc(-c2cc(C)c([B]c3c(C)cc(C)cc3C)c(C)c2)cc1.COc1cc(C)c([B]c2c(C)cc(C)cc2C)c(C)c1. The van der Waals surface area contributed by atoms with E-state index in [1.54, 1.807) is 7.11 Å². The van der Waals surface area contributed by atoms with Gasteiger partial charge in [0.1, 0.15) is 5.75 Å². The van der Waals surface area contributed by atoms with Gasteiger partial charge in [-0.15, -0.1) is 0 Å². The fourth-order valence-corrected chi connectivity index (χ4v) is 6.59. The summed E-state index contributed by atoms with van der Waals surface area (Å²) in [5.74, 6) is 0.925. The summed E-state index contributed by atoms with van der Waals surface area (Å²) in [6, 6.07) is 26.4. The van der Waals surface area contributed by atoms with E-state index in [1.807, 2.05) is 6.08 Å². The molecule has 0 fully saturated rings. The standard InChI is InChI=1S/C25H26B.C18H22BO.CH4/c1-7-21-8-10-22(11-9-21)23-14-19(5)25(20(6)15-23)26-24-17(3)12-16(2)13-18(24)4;1-11-7-12(2)17(13(3)8-11)19-18-14(4)9-16(20-6)10-15(18)5;/h7-15H,1H2,2-6H3;7-10H,1-6H3;1H4. The molecule has 0 heterocycles. The zero-order valence-electron chi connectivity index (χ0n) is 29.8. The quantitative estimate of drug-likeness (QED) is 0.166. The monoisotopic (exact) mass is 618 g/mol. The Morgan fingerprint density at radius 2 is 0.787 bits per heavy atom. The van der Waals surface area contributed by atoms with Crippen molar-refractivity contribution in [3.63, 3.8) is 0 Å². The van der Waals surface area contributed by atoms with Crippen LogP contribution in [0.1, 0.15) is 68.6 Å². The van der Waals surface area contributed by atoms with E-state index in [-0.39, 0.29) is 7.43 Å². The summed E-state index contributed by atoms with van der Waals surface area (Å²) in [6.07, 6.45) is 1.88. The maximum Gasteiger partial charge on any atom is 0.192 e. The van der Waals surface area contributed by atoms with Gasteiger partial charge in [-0.05, 0) is 98.1 Å². The van der Waals surface area contributed by atoms with Crippen LogP contribution >= 0.6 is 0 Å². The molecule has 2 radical (unpaired) electrons. The zero-order valence-corrected chi connectivity index (χ0v) is 29.8. The predicted octanol–water partition coefficient (Wildman–Crippen LogP) is 8.72. The first-order chi connectivity index (χ1) is 21.8. The molecule has 47 heavy (non-hydrogen) atoms. The topological polar surface area (TPSA) is 9.23 Å². The van der Waals surface area contributed by atoms with Gasteiger partial charge in [-0.1, -0.05) is 158 Å². The summed E-state index contributed by atoms with van der Waals surface area (Å²) in [7, 11) is 6.36. The smallest absolute Gasteiger partial charge is 0.192 e. The summed E-state index contributed by atoms with van der Waals surface area (Å²) < 4.78 is 5.33. The number of benzene rings is 5. The van der Waals surface area contributed by atoms with Gasteiger partial charge in [0.15, 0.2) is 14.6 Å². The molecule has 0 saturated carbocycles. The molecule has 3 heteroatoms. The van der Waals surface area contributed by atoms with E-state index in [2.05, 4.69) is 163 Å². The normalized spacial score (nSPS) is 10.4. The molecule has 5 aromatic rings. The van der Waals surface area contributed by atoms with E-state index < -0.39 is 0 Å². The number of hydrogen-bond donors (Lipinski definition) is 0. The van der Waals surface area contributed by atoms with Gasteiger partial charge in [0.25, 0.3) is 0 Å². The van der Waals surface area contributed by atoms with Gasteiger partial charge in [-0.2, -0.15) is 0 Å². The first-order valence-corrected chi connectivity index (χ1v) is 16.2. The highest BCUT2D eigenvalue weighted by atomic mass is 16.5. The number of hydrogen-bond acceptors (Lipinski definition) is 1. The van der Waals surface area contributed by atoms with Crippen molar-refractivity contribution in [3.8, 4) is 16.9 Å². The first-order valence-electron chi connectivity index (χ1n) is 16.2. The van der Waals surface area contributed by atoms with Crippen molar-refractivity contribution in [1.82, 2.24) is 0 Å². The van der Waals surface area contributed by atoms with Crippen LogP contribution in [0.3, 0.4) is 0 Å². The minimum atomic E-state index is 0. The van der Waals surface area contributed by atoms with Crippen LogP contribution in [0.2, 0.25) is 0 Å². The largest absolute Gasteiger partial charge is 0.497 e. The second-order valence-corrected chi connectivity index (χ2v) is 12.9. The number of ether oxygens (including phenoxy) is 1. The highest BCUT2D eigenvalue weighted by molar-refractivity contribution is 6.69. The molecule has 0 bridgehead atoms. The van der Waals surface area contributed by atoms with Crippen LogP contribution < -0.4 is 26.6 Å². The van der Waals surface area contributed by atoms with Crippen LogP contribution in [0.4, 0.5) is 0 Å². The molecule has 1 nitrogen and oxygen atoms in total. The number of rotatable bonds is 7. The first kappa shape index (κ1) is 37.2. The van der Waals surface area contributed by atoms with E-state index in [0.717, 1.165) is 11.3 Å². The Bertz CT molecular complexity index is 1790. The molecule has 5 rings (SSSR count). The van der Waals surface area contributed by atoms with Crippen molar-refractivity contribution >= 4 is 42.5 Å². The van der Waals surface area contributed by atoms with Gasteiger partial charge < -0.3 is 4.74 Å². The number of aryl methyl sites for hydroxylation is 10. The second kappa shape index (κ2) is 16.1. The van der Waals surface area contributed by atoms with Crippen molar-refractivity contribution in [2.24, 2.45) is 0 Å². The van der Waals surface area contributed by atoms with Crippen LogP contribution in [0, 0.1) is 69.2 Å². The van der Waals surface area contributed by atoms with Crippen LogP contribution in [-0.2, 0) is 0 Å². The molecule has 5 aromatic carbocycles. The molecule has 240 valence electrons. The molecule has 0 aliphatic heterocycles. The Hall–Kier alpha value is -4.23. The van der Waals surface area contributed by atoms with Gasteiger partial charge >= 0.3 is 0 Å². The third-order valence-corrected chi connectivity index (χ3v) is 8.93. The van der Waals surface area contributed by atoms with Crippen LogP contribution in [-0.4, -0.2) is 21.7 Å². The van der Waals surface area contributed by atoms with Gasteiger partial charge in [-0.25, -0.2) is 0 Å². The summed E-state index contributed by atoms with van der Waals surface area (Å²) in [4.78, 5) is 0. The number of methoxy groups -OCH3 is 1. The molecule has 0 aromatic heterocycles. The minimum Gasteiger partial charge on any atom is -0.497 e. The summed E-state index contributed by atoms with van der Waals surface area (Å²) in [6.45, 7) is 25.6. The Morgan fingerprint density at radius 1 is 0.468 bits per heavy atom. The Kier molecular flexibility index (Phi) is 12.7. The predicted molar refractivity (Wildman–Crippen MR) is 212 cm³/mol. The fraction of sp³-hybridized carbons (Fsp3) is 0.273. The average Bonchev–Trinajstić information content (AvgIpc) is 2.99. The lowest BCUT2D eigenvalue weighted by atomic mass is 9.58. The highest BCUT2D eigenvalue weighted by Crippen LogP contribution is 2.22. The van der Waals surface area contributed by atoms with Gasteiger partial charge in [0, 0.05) is 0 Å². The van der Waals surface area contributed by atoms with Gasteiger partial charge in [0.05, 0.1) is 7.11 Å². The minimum absolute atomic E-state index is 0. The molecule has 0 saturated heterocycles. The van der Waals surface area contributed by atoms with Crippen molar-refractivity contribution in [3.05, 3.63) is 141 Å². The molecule has 0 spiro atoms. The summed E-state index contributed by atoms with van der Waals surface area (Å²) in [5.41, 5.74) is 22.1. The second-order valence-electron chi connectivity index (χ2n) is 12.9. The van der Waals surface area contributed by atoms with Crippen molar-refractivity contribution < 1.29 is 4.74 Å². The third kappa shape index (κ3) is 8.98. The molecular formula is C44H52B2O. The molecule has 0 unspecified atom stereocenters. The van der Waals surface area contributed by atoms with E-state index in [9.17, 15) is 0 Å². The third-order valence-electron chi connectivity index (χ3n) is 8.93. The Labute approximate surface area is 287 Å². The molecule has 0 aliphatic rings. The molecular weight excluding hydrogens is 566 g/mol. The zero-order chi connectivity index (χ0) is 33.7. The maximum absolute atomic E-state index is 5.33. The van der Waals surface area contributed by atoms with Crippen molar-refractivity contribution in [1.29, 1.82) is 0 Å². The lowest BCUT2D eigenvalue weighted by Crippen LogP contribution is -2.34. The summed E-state index contributed by atoms with van der Waals surface area (Å²) >= 11 is 0. The highest BCUT2D eigenvalue weighted by Gasteiger charge is 2.14. The van der Waals surface area contributed by atoms with E-state index >= 15 is 0 Å². The molecule has 0 N–H and O–H groups in total. The van der Waals surface area contributed by atoms with Crippen LogP contribution in [0.25, 0.3) is 17.2 Å². The lowest BCUT2D eigenvalue weighted by Gasteiger charge is -2.16. The Balaban J connectivity index is 0.000000259. The van der Waals surface area contributed by atoms with Crippen molar-refractivity contribution in [2.75, 3.05) is 7.11 Å². The van der Waals surface area contributed by atoms with E-state index in [4.69, 9.17) is 4.74 Å². The Morgan fingerprint density at radius 3 is 1.11 bits per heavy atom. The average molecular weight is 619 g/mol. The van der Waals surface area contributed by atoms with Crippen LogP contribution in [0.5, 0.6) is 5.75 Å². The summed E-state index contributed by atoms with van der Waals surface area (Å²) in [5, 5.41) is 0. The maximum atomic E-state index is 5.33. The van der Waals surface area contributed by atoms with Gasteiger partial charge in [-0.3, -0.25) is 0 Å². The van der Waals surface area contributed by atoms with E-state index in [1.165, 1.54) is 88.6 Å². The van der Waals surface area contributed by atoms with E-state index in [0.29, 0.717) is 0 Å². The van der Waals surface area contributed by atoms with Crippen molar-refractivity contribution in [2.45, 2.75) is 76.7 Å².